The van der Waals surface area contributed by atoms with E-state index >= 15 is 0 Å². The molecular formula is C27H33N3O. The Labute approximate surface area is 186 Å². The molecule has 1 amide bonds. The number of carbonyl (C=O) groups excluding carboxylic acids is 1. The summed E-state index contributed by atoms with van der Waals surface area (Å²) in [7, 11) is 0. The number of rotatable bonds is 9. The molecule has 0 radical (unpaired) electrons. The van der Waals surface area contributed by atoms with Gasteiger partial charge in [0.2, 0.25) is 5.91 Å². The van der Waals surface area contributed by atoms with Crippen molar-refractivity contribution in [2.75, 3.05) is 11.9 Å². The van der Waals surface area contributed by atoms with E-state index in [-0.39, 0.29) is 5.91 Å². The molecule has 31 heavy (non-hydrogen) atoms. The first kappa shape index (κ1) is 22.7. The van der Waals surface area contributed by atoms with Crippen LogP contribution in [0.4, 0.5) is 5.69 Å². The van der Waals surface area contributed by atoms with Gasteiger partial charge in [0.15, 0.2) is 0 Å². The van der Waals surface area contributed by atoms with Crippen LogP contribution in [0.15, 0.2) is 85.1 Å². The van der Waals surface area contributed by atoms with Crippen molar-refractivity contribution in [2.24, 2.45) is 0 Å². The molecule has 2 aromatic carbocycles. The van der Waals surface area contributed by atoms with Gasteiger partial charge in [-0.3, -0.25) is 14.7 Å². The Balaban J connectivity index is 2.10. The molecule has 0 fully saturated rings. The van der Waals surface area contributed by atoms with Gasteiger partial charge in [-0.25, -0.2) is 0 Å². The molecule has 3 aromatic rings. The summed E-state index contributed by atoms with van der Waals surface area (Å²) in [5.41, 5.74) is 1.60. The van der Waals surface area contributed by atoms with Gasteiger partial charge in [-0.2, -0.15) is 0 Å². The third kappa shape index (κ3) is 5.20. The van der Waals surface area contributed by atoms with Crippen LogP contribution in [-0.4, -0.2) is 34.4 Å². The van der Waals surface area contributed by atoms with E-state index in [0.717, 1.165) is 23.5 Å². The maximum Gasteiger partial charge on any atom is 0.241 e. The maximum absolute atomic E-state index is 14.0. The Kier molecular flexibility index (Phi) is 7.59. The van der Waals surface area contributed by atoms with Gasteiger partial charge in [-0.05, 0) is 63.9 Å². The van der Waals surface area contributed by atoms with Crippen molar-refractivity contribution in [2.45, 2.75) is 51.6 Å². The highest BCUT2D eigenvalue weighted by Crippen LogP contribution is 2.36. The van der Waals surface area contributed by atoms with Crippen molar-refractivity contribution < 1.29 is 4.79 Å². The Hall–Kier alpha value is -2.98. The molecule has 1 N–H and O–H groups in total. The summed E-state index contributed by atoms with van der Waals surface area (Å²) in [6, 6.07) is 26.3. The van der Waals surface area contributed by atoms with E-state index in [0.29, 0.717) is 18.5 Å². The van der Waals surface area contributed by atoms with Crippen LogP contribution in [0.25, 0.3) is 0 Å². The number of hydrogen-bond acceptors (Lipinski definition) is 3. The number of benzene rings is 2. The average Bonchev–Trinajstić information content (AvgIpc) is 2.78. The fraction of sp³-hybridized carbons (Fsp3) is 0.333. The first-order valence-corrected chi connectivity index (χ1v) is 11.0. The third-order valence-electron chi connectivity index (χ3n) is 5.86. The number of pyridine rings is 1. The summed E-state index contributed by atoms with van der Waals surface area (Å²) in [4.78, 5) is 21.1. The minimum Gasteiger partial charge on any atom is -0.325 e. The van der Waals surface area contributed by atoms with Gasteiger partial charge < -0.3 is 5.32 Å². The highest BCUT2D eigenvalue weighted by atomic mass is 16.2. The molecule has 1 aromatic heterocycles. The van der Waals surface area contributed by atoms with Crippen molar-refractivity contribution in [3.05, 3.63) is 96.3 Å². The lowest BCUT2D eigenvalue weighted by Gasteiger charge is -2.37. The number of hydrogen-bond donors (Lipinski definition) is 1. The van der Waals surface area contributed by atoms with E-state index in [9.17, 15) is 4.79 Å². The van der Waals surface area contributed by atoms with Crippen LogP contribution in [0.3, 0.4) is 0 Å². The molecule has 0 aliphatic rings. The predicted octanol–water partition coefficient (Wildman–Crippen LogP) is 5.52. The van der Waals surface area contributed by atoms with Crippen molar-refractivity contribution in [3.8, 4) is 0 Å². The molecule has 0 saturated heterocycles. The Bertz CT molecular complexity index is 892. The van der Waals surface area contributed by atoms with E-state index in [1.165, 1.54) is 0 Å². The molecule has 0 spiro atoms. The molecule has 0 saturated carbocycles. The summed E-state index contributed by atoms with van der Waals surface area (Å²) in [6.07, 6.45) is 2.40. The number of amides is 1. The van der Waals surface area contributed by atoms with Crippen LogP contribution in [0.2, 0.25) is 0 Å². The number of aromatic nitrogens is 1. The summed E-state index contributed by atoms with van der Waals surface area (Å²) in [5.74, 6) is -0.0592. The molecule has 0 aliphatic carbocycles. The minimum atomic E-state index is -0.902. The number of anilines is 1. The summed E-state index contributed by atoms with van der Waals surface area (Å²) in [5, 5.41) is 3.16. The van der Waals surface area contributed by atoms with Crippen molar-refractivity contribution in [1.82, 2.24) is 9.88 Å². The average molecular weight is 416 g/mol. The van der Waals surface area contributed by atoms with E-state index in [1.54, 1.807) is 6.20 Å². The second-order valence-corrected chi connectivity index (χ2v) is 8.48. The number of para-hydroxylation sites is 1. The van der Waals surface area contributed by atoms with Crippen molar-refractivity contribution >= 4 is 11.6 Å². The van der Waals surface area contributed by atoms with Crippen LogP contribution in [0, 0.1) is 0 Å². The molecule has 0 aliphatic heterocycles. The lowest BCUT2D eigenvalue weighted by Crippen LogP contribution is -2.47. The topological polar surface area (TPSA) is 45.2 Å². The SMILES string of the molecule is CC(C)N(CCC(C(=O)Nc1ccccc1)(c1ccccc1)c1ccccn1)C(C)C. The second-order valence-electron chi connectivity index (χ2n) is 8.48. The largest absolute Gasteiger partial charge is 0.325 e. The molecule has 1 atom stereocenters. The molecule has 4 nitrogen and oxygen atoms in total. The molecule has 1 heterocycles. The zero-order valence-electron chi connectivity index (χ0n) is 19.0. The normalized spacial score (nSPS) is 13.4. The second kappa shape index (κ2) is 10.4. The quantitative estimate of drug-likeness (QED) is 0.501. The third-order valence-corrected chi connectivity index (χ3v) is 5.86. The van der Waals surface area contributed by atoms with Gasteiger partial charge in [0, 0.05) is 30.5 Å². The van der Waals surface area contributed by atoms with Gasteiger partial charge in [-0.1, -0.05) is 54.6 Å². The standard InChI is InChI=1S/C27H33N3O/c1-21(2)30(22(3)4)20-18-27(23-13-7-5-8-14-23,25-17-11-12-19-28-25)26(31)29-24-15-9-6-10-16-24/h5-17,19,21-22H,18,20H2,1-4H3,(H,29,31). The van der Waals surface area contributed by atoms with Crippen molar-refractivity contribution in [3.63, 3.8) is 0 Å². The fourth-order valence-electron chi connectivity index (χ4n) is 4.29. The molecule has 3 rings (SSSR count). The zero-order chi connectivity index (χ0) is 22.3. The van der Waals surface area contributed by atoms with E-state index in [1.807, 2.05) is 78.9 Å². The van der Waals surface area contributed by atoms with Gasteiger partial charge in [0.25, 0.3) is 0 Å². The monoisotopic (exact) mass is 415 g/mol. The summed E-state index contributed by atoms with van der Waals surface area (Å²) >= 11 is 0. The van der Waals surface area contributed by atoms with Gasteiger partial charge in [0.05, 0.1) is 5.69 Å². The molecule has 0 bridgehead atoms. The van der Waals surface area contributed by atoms with Gasteiger partial charge >= 0.3 is 0 Å². The maximum atomic E-state index is 14.0. The highest BCUT2D eigenvalue weighted by molar-refractivity contribution is 6.01. The van der Waals surface area contributed by atoms with E-state index in [4.69, 9.17) is 0 Å². The molecule has 4 heteroatoms. The number of nitrogens with one attached hydrogen (secondary N) is 1. The van der Waals surface area contributed by atoms with Crippen LogP contribution in [-0.2, 0) is 10.2 Å². The van der Waals surface area contributed by atoms with Gasteiger partial charge in [0.1, 0.15) is 5.41 Å². The fourth-order valence-corrected chi connectivity index (χ4v) is 4.29. The Morgan fingerprint density at radius 3 is 2.00 bits per heavy atom. The highest BCUT2D eigenvalue weighted by Gasteiger charge is 2.43. The smallest absolute Gasteiger partial charge is 0.241 e. The molecular weight excluding hydrogens is 382 g/mol. The lowest BCUT2D eigenvalue weighted by atomic mass is 9.73. The molecule has 1 unspecified atom stereocenters. The first-order chi connectivity index (χ1) is 14.9. The van der Waals surface area contributed by atoms with Crippen molar-refractivity contribution in [1.29, 1.82) is 0 Å². The Morgan fingerprint density at radius 1 is 0.871 bits per heavy atom. The van der Waals surface area contributed by atoms with E-state index in [2.05, 4.69) is 42.9 Å². The number of nitrogens with zero attached hydrogens (tertiary/aromatic N) is 2. The number of carbonyl (C=O) groups is 1. The predicted molar refractivity (Wildman–Crippen MR) is 128 cm³/mol. The zero-order valence-corrected chi connectivity index (χ0v) is 19.0. The lowest BCUT2D eigenvalue weighted by molar-refractivity contribution is -0.120. The van der Waals surface area contributed by atoms with Crippen LogP contribution >= 0.6 is 0 Å². The van der Waals surface area contributed by atoms with Gasteiger partial charge in [-0.15, -0.1) is 0 Å². The molecule has 162 valence electrons. The van der Waals surface area contributed by atoms with E-state index < -0.39 is 5.41 Å². The Morgan fingerprint density at radius 2 is 1.45 bits per heavy atom. The van der Waals surface area contributed by atoms with Crippen LogP contribution < -0.4 is 5.32 Å². The van der Waals surface area contributed by atoms with Crippen LogP contribution in [0.5, 0.6) is 0 Å². The summed E-state index contributed by atoms with van der Waals surface area (Å²) in [6.45, 7) is 9.59. The minimum absolute atomic E-state index is 0.0592. The first-order valence-electron chi connectivity index (χ1n) is 11.0. The summed E-state index contributed by atoms with van der Waals surface area (Å²) < 4.78 is 0. The van der Waals surface area contributed by atoms with Crippen LogP contribution in [0.1, 0.15) is 45.4 Å².